The third-order valence-corrected chi connectivity index (χ3v) is 7.15. The number of amides is 2. The highest BCUT2D eigenvalue weighted by Gasteiger charge is 2.50. The molecule has 1 aromatic carbocycles. The Labute approximate surface area is 193 Å². The van der Waals surface area contributed by atoms with Crippen molar-refractivity contribution in [3.05, 3.63) is 24.0 Å². The molecule has 1 aliphatic carbocycles. The Hall–Kier alpha value is -2.55. The zero-order valence-electron chi connectivity index (χ0n) is 19.0. The van der Waals surface area contributed by atoms with Gasteiger partial charge >= 0.3 is 12.2 Å². The Morgan fingerprint density at radius 2 is 2.12 bits per heavy atom. The summed E-state index contributed by atoms with van der Waals surface area (Å²) in [7, 11) is 0. The molecule has 4 bridgehead atoms. The lowest BCUT2D eigenvalue weighted by molar-refractivity contribution is -0.220. The fraction of sp³-hybridized carbons (Fsp3) is 0.667. The third kappa shape index (κ3) is 4.74. The van der Waals surface area contributed by atoms with E-state index in [0.717, 1.165) is 38.5 Å². The molecule has 1 saturated carbocycles. The molecule has 4 saturated heterocycles. The number of benzene rings is 1. The quantitative estimate of drug-likeness (QED) is 0.696. The van der Waals surface area contributed by atoms with Crippen molar-refractivity contribution in [1.29, 1.82) is 0 Å². The molecule has 0 radical (unpaired) electrons. The van der Waals surface area contributed by atoms with E-state index in [0.29, 0.717) is 43.4 Å². The van der Waals surface area contributed by atoms with Gasteiger partial charge in [-0.25, -0.2) is 14.0 Å². The van der Waals surface area contributed by atoms with Crippen LogP contribution in [0.5, 0.6) is 0 Å². The van der Waals surface area contributed by atoms with Gasteiger partial charge in [-0.05, 0) is 69.1 Å². The molecule has 0 spiro atoms. The van der Waals surface area contributed by atoms with E-state index in [4.69, 9.17) is 14.2 Å². The zero-order chi connectivity index (χ0) is 22.9. The number of anilines is 2. The number of nitrogens with zero attached hydrogens (tertiary/aromatic N) is 2. The first-order valence-corrected chi connectivity index (χ1v) is 12.1. The van der Waals surface area contributed by atoms with Crippen LogP contribution in [0.4, 0.5) is 25.4 Å². The fourth-order valence-electron chi connectivity index (χ4n) is 5.77. The van der Waals surface area contributed by atoms with Crippen LogP contribution in [0.15, 0.2) is 18.2 Å². The second kappa shape index (κ2) is 9.37. The number of hydrogen-bond donors (Lipinski definition) is 1. The van der Waals surface area contributed by atoms with Gasteiger partial charge in [0.2, 0.25) is 0 Å². The molecule has 8 nitrogen and oxygen atoms in total. The van der Waals surface area contributed by atoms with Crippen LogP contribution in [-0.2, 0) is 14.2 Å². The van der Waals surface area contributed by atoms with Crippen molar-refractivity contribution < 1.29 is 28.2 Å². The number of piperidine rings is 2. The average Bonchev–Trinajstić information content (AvgIpc) is 2.77. The fourth-order valence-corrected chi connectivity index (χ4v) is 5.77. The van der Waals surface area contributed by atoms with E-state index in [9.17, 15) is 14.0 Å². The van der Waals surface area contributed by atoms with E-state index in [-0.39, 0.29) is 30.6 Å². The molecule has 5 atom stereocenters. The Balaban J connectivity index is 1.18. The minimum Gasteiger partial charge on any atom is -0.449 e. The van der Waals surface area contributed by atoms with E-state index >= 15 is 0 Å². The van der Waals surface area contributed by atoms with Crippen molar-refractivity contribution in [3.8, 4) is 0 Å². The Kier molecular flexibility index (Phi) is 6.32. The van der Waals surface area contributed by atoms with Crippen molar-refractivity contribution in [1.82, 2.24) is 4.90 Å². The monoisotopic (exact) mass is 461 g/mol. The summed E-state index contributed by atoms with van der Waals surface area (Å²) in [6, 6.07) is 4.80. The lowest BCUT2D eigenvalue weighted by Crippen LogP contribution is -2.63. The van der Waals surface area contributed by atoms with E-state index in [1.54, 1.807) is 12.1 Å². The summed E-state index contributed by atoms with van der Waals surface area (Å²) in [5.74, 6) is 0.226. The van der Waals surface area contributed by atoms with Gasteiger partial charge in [0.05, 0.1) is 24.9 Å². The molecule has 5 aliphatic rings. The van der Waals surface area contributed by atoms with Crippen molar-refractivity contribution in [2.45, 2.75) is 76.3 Å². The molecule has 33 heavy (non-hydrogen) atoms. The number of carbonyl (C=O) groups excluding carboxylic acids is 2. The van der Waals surface area contributed by atoms with Crippen LogP contribution in [0.3, 0.4) is 0 Å². The summed E-state index contributed by atoms with van der Waals surface area (Å²) in [6.07, 6.45) is 5.15. The van der Waals surface area contributed by atoms with Gasteiger partial charge in [-0.15, -0.1) is 0 Å². The molecule has 4 aliphatic heterocycles. The molecule has 1 N–H and O–H groups in total. The smallest absolute Gasteiger partial charge is 0.412 e. The Morgan fingerprint density at radius 1 is 1.24 bits per heavy atom. The number of rotatable bonds is 5. The molecule has 9 heteroatoms. The summed E-state index contributed by atoms with van der Waals surface area (Å²) >= 11 is 0. The second-order valence-electron chi connectivity index (χ2n) is 9.60. The summed E-state index contributed by atoms with van der Waals surface area (Å²) in [6.45, 7) is 3.33. The molecule has 5 unspecified atom stereocenters. The van der Waals surface area contributed by atoms with Gasteiger partial charge in [0.15, 0.2) is 0 Å². The SMILES string of the molecule is CCCOC(=O)Nc1ccc(N2CCCC(OC(=O)N3C4CC5CC(C4)OC3C5)C2)c(F)c1. The maximum absolute atomic E-state index is 14.8. The van der Waals surface area contributed by atoms with Gasteiger partial charge in [-0.2, -0.15) is 0 Å². The normalized spacial score (nSPS) is 30.3. The van der Waals surface area contributed by atoms with Crippen molar-refractivity contribution >= 4 is 23.6 Å². The van der Waals surface area contributed by atoms with Gasteiger partial charge in [0, 0.05) is 18.3 Å². The highest BCUT2D eigenvalue weighted by Crippen LogP contribution is 2.45. The molecule has 5 fully saturated rings. The van der Waals surface area contributed by atoms with Crippen LogP contribution >= 0.6 is 0 Å². The number of carbonyl (C=O) groups is 2. The van der Waals surface area contributed by atoms with Gasteiger partial charge in [-0.1, -0.05) is 6.92 Å². The summed E-state index contributed by atoms with van der Waals surface area (Å²) in [5.41, 5.74) is 0.772. The standard InChI is InChI=1S/C24H32FN3O5/c1-2-8-31-23(29)26-16-5-6-21(20(25)12-16)27-7-3-4-18(14-27)33-24(30)28-17-9-15-10-19(13-17)32-22(28)11-15/h5-6,12,15,17-19,22H,2-4,7-11,13-14H2,1H3,(H,26,29). The molecule has 6 rings (SSSR count). The predicted molar refractivity (Wildman–Crippen MR) is 120 cm³/mol. The molecule has 2 amide bonds. The maximum atomic E-state index is 14.8. The summed E-state index contributed by atoms with van der Waals surface area (Å²) < 4.78 is 31.8. The van der Waals surface area contributed by atoms with Crippen LogP contribution in [0.2, 0.25) is 0 Å². The Morgan fingerprint density at radius 3 is 2.88 bits per heavy atom. The first kappa shape index (κ1) is 22.3. The van der Waals surface area contributed by atoms with E-state index in [2.05, 4.69) is 5.32 Å². The number of halogens is 1. The van der Waals surface area contributed by atoms with E-state index < -0.39 is 11.9 Å². The molecule has 4 heterocycles. The maximum Gasteiger partial charge on any atom is 0.412 e. The molecular weight excluding hydrogens is 429 g/mol. The minimum absolute atomic E-state index is 0.157. The first-order chi connectivity index (χ1) is 16.0. The zero-order valence-corrected chi connectivity index (χ0v) is 19.0. The van der Waals surface area contributed by atoms with Crippen molar-refractivity contribution in [2.24, 2.45) is 5.92 Å². The average molecular weight is 462 g/mol. The number of hydrogen-bond acceptors (Lipinski definition) is 6. The van der Waals surface area contributed by atoms with Gasteiger partial charge in [0.1, 0.15) is 18.1 Å². The van der Waals surface area contributed by atoms with Crippen LogP contribution in [0.1, 0.15) is 51.9 Å². The van der Waals surface area contributed by atoms with Crippen LogP contribution < -0.4 is 10.2 Å². The van der Waals surface area contributed by atoms with Crippen LogP contribution in [-0.4, -0.2) is 61.3 Å². The van der Waals surface area contributed by atoms with Gasteiger partial charge in [0.25, 0.3) is 0 Å². The van der Waals surface area contributed by atoms with E-state index in [1.807, 2.05) is 16.7 Å². The molecule has 180 valence electrons. The lowest BCUT2D eigenvalue weighted by atomic mass is 9.75. The van der Waals surface area contributed by atoms with Gasteiger partial charge < -0.3 is 19.1 Å². The second-order valence-corrected chi connectivity index (χ2v) is 9.60. The molecular formula is C24H32FN3O5. The first-order valence-electron chi connectivity index (χ1n) is 12.1. The predicted octanol–water partition coefficient (Wildman–Crippen LogP) is 4.49. The van der Waals surface area contributed by atoms with Gasteiger partial charge in [-0.3, -0.25) is 10.2 Å². The van der Waals surface area contributed by atoms with Crippen LogP contribution in [0, 0.1) is 11.7 Å². The van der Waals surface area contributed by atoms with Crippen molar-refractivity contribution in [2.75, 3.05) is 29.9 Å². The largest absolute Gasteiger partial charge is 0.449 e. The highest BCUT2D eigenvalue weighted by molar-refractivity contribution is 5.85. The molecule has 1 aromatic rings. The highest BCUT2D eigenvalue weighted by atomic mass is 19.1. The Bertz CT molecular complexity index is 869. The third-order valence-electron chi connectivity index (χ3n) is 7.15. The van der Waals surface area contributed by atoms with Crippen LogP contribution in [0.25, 0.3) is 0 Å². The summed E-state index contributed by atoms with van der Waals surface area (Å²) in [4.78, 5) is 28.4. The number of ether oxygens (including phenoxy) is 3. The molecule has 0 aromatic heterocycles. The minimum atomic E-state index is -0.599. The lowest BCUT2D eigenvalue weighted by Gasteiger charge is -2.55. The topological polar surface area (TPSA) is 80.3 Å². The van der Waals surface area contributed by atoms with Crippen molar-refractivity contribution in [3.63, 3.8) is 0 Å². The van der Waals surface area contributed by atoms with E-state index in [1.165, 1.54) is 6.07 Å². The summed E-state index contributed by atoms with van der Waals surface area (Å²) in [5, 5.41) is 2.54. The number of nitrogens with one attached hydrogen (secondary N) is 1.